The molecule has 62 valence electrons. The Kier molecular flexibility index (Phi) is 2.88. The predicted molar refractivity (Wildman–Crippen MR) is 49.1 cm³/mol. The zero-order valence-corrected chi connectivity index (χ0v) is 7.14. The van der Waals surface area contributed by atoms with E-state index in [9.17, 15) is 4.79 Å². The van der Waals surface area contributed by atoms with E-state index in [1.54, 1.807) is 24.3 Å². The summed E-state index contributed by atoms with van der Waals surface area (Å²) in [5.41, 5.74) is 0.457. The normalized spacial score (nSPS) is 9.08. The van der Waals surface area contributed by atoms with Crippen LogP contribution in [0.3, 0.4) is 0 Å². The first-order valence-electron chi connectivity index (χ1n) is 3.42. The van der Waals surface area contributed by atoms with Gasteiger partial charge in [0, 0.05) is 0 Å². The van der Waals surface area contributed by atoms with Crippen LogP contribution in [0, 0.1) is 0 Å². The summed E-state index contributed by atoms with van der Waals surface area (Å²) in [6.45, 7) is 3.38. The van der Waals surface area contributed by atoms with Crippen LogP contribution in [-0.4, -0.2) is 5.91 Å². The fourth-order valence-electron chi connectivity index (χ4n) is 0.816. The lowest BCUT2D eigenvalue weighted by molar-refractivity contribution is 0.0970. The minimum Gasteiger partial charge on any atom is -0.329 e. The molecule has 1 amide bonds. The minimum atomic E-state index is -0.240. The van der Waals surface area contributed by atoms with Gasteiger partial charge < -0.3 is 5.32 Å². The van der Waals surface area contributed by atoms with Gasteiger partial charge in [-0.25, -0.2) is 0 Å². The van der Waals surface area contributed by atoms with Crippen LogP contribution >= 0.6 is 11.6 Å². The van der Waals surface area contributed by atoms with E-state index < -0.39 is 0 Å². The molecule has 0 aromatic heterocycles. The van der Waals surface area contributed by atoms with Crippen LogP contribution in [0.15, 0.2) is 37.0 Å². The first-order valence-corrected chi connectivity index (χ1v) is 3.80. The summed E-state index contributed by atoms with van der Waals surface area (Å²) in [4.78, 5) is 11.2. The third kappa shape index (κ3) is 1.86. The molecule has 0 radical (unpaired) electrons. The average Bonchev–Trinajstić information content (AvgIpc) is 2.05. The van der Waals surface area contributed by atoms with Crippen molar-refractivity contribution in [2.45, 2.75) is 0 Å². The highest BCUT2D eigenvalue weighted by Crippen LogP contribution is 2.14. The van der Waals surface area contributed by atoms with E-state index in [2.05, 4.69) is 11.9 Å². The number of hydrogen-bond donors (Lipinski definition) is 1. The predicted octanol–water partition coefficient (Wildman–Crippen LogP) is 2.21. The fraction of sp³-hybridized carbons (Fsp3) is 0. The van der Waals surface area contributed by atoms with Gasteiger partial charge in [-0.3, -0.25) is 4.79 Å². The molecular formula is C9H8ClNO. The van der Waals surface area contributed by atoms with Gasteiger partial charge >= 0.3 is 0 Å². The quantitative estimate of drug-likeness (QED) is 0.745. The lowest BCUT2D eigenvalue weighted by atomic mass is 10.2. The van der Waals surface area contributed by atoms with E-state index in [0.29, 0.717) is 10.6 Å². The van der Waals surface area contributed by atoms with Crippen molar-refractivity contribution >= 4 is 17.5 Å². The summed E-state index contributed by atoms with van der Waals surface area (Å²) in [5, 5.41) is 2.88. The lowest BCUT2D eigenvalue weighted by Crippen LogP contribution is -2.16. The van der Waals surface area contributed by atoms with Crippen LogP contribution in [-0.2, 0) is 0 Å². The number of rotatable bonds is 2. The molecule has 0 atom stereocenters. The average molecular weight is 182 g/mol. The highest BCUT2D eigenvalue weighted by Gasteiger charge is 2.06. The second-order valence-corrected chi connectivity index (χ2v) is 2.56. The summed E-state index contributed by atoms with van der Waals surface area (Å²) in [6, 6.07) is 6.84. The van der Waals surface area contributed by atoms with Gasteiger partial charge in [-0.1, -0.05) is 30.3 Å². The summed E-state index contributed by atoms with van der Waals surface area (Å²) >= 11 is 5.76. The summed E-state index contributed by atoms with van der Waals surface area (Å²) < 4.78 is 0. The largest absolute Gasteiger partial charge is 0.329 e. The van der Waals surface area contributed by atoms with Crippen LogP contribution in [0.25, 0.3) is 0 Å². The molecular weight excluding hydrogens is 174 g/mol. The summed E-state index contributed by atoms with van der Waals surface area (Å²) in [7, 11) is 0. The standard InChI is InChI=1S/C9H8ClNO/c1-2-11-9(12)7-5-3-4-6-8(7)10/h2-6H,1H2,(H,11,12). The molecule has 0 aliphatic rings. The maximum atomic E-state index is 11.2. The van der Waals surface area contributed by atoms with Gasteiger partial charge in [0.1, 0.15) is 0 Å². The Morgan fingerprint density at radius 1 is 1.50 bits per heavy atom. The van der Waals surface area contributed by atoms with E-state index in [0.717, 1.165) is 0 Å². The molecule has 0 spiro atoms. The Morgan fingerprint density at radius 3 is 2.75 bits per heavy atom. The Hall–Kier alpha value is -1.28. The van der Waals surface area contributed by atoms with Crippen molar-refractivity contribution in [1.82, 2.24) is 5.32 Å². The maximum Gasteiger partial charge on any atom is 0.256 e. The van der Waals surface area contributed by atoms with Gasteiger partial charge in [-0.05, 0) is 18.3 Å². The van der Waals surface area contributed by atoms with Crippen LogP contribution < -0.4 is 5.32 Å². The molecule has 2 nitrogen and oxygen atoms in total. The number of hydrogen-bond acceptors (Lipinski definition) is 1. The Labute approximate surface area is 75.9 Å². The minimum absolute atomic E-state index is 0.240. The maximum absolute atomic E-state index is 11.2. The van der Waals surface area contributed by atoms with E-state index in [1.807, 2.05) is 0 Å². The topological polar surface area (TPSA) is 29.1 Å². The van der Waals surface area contributed by atoms with Gasteiger partial charge in [-0.2, -0.15) is 0 Å². The van der Waals surface area contributed by atoms with Crippen LogP contribution in [0.2, 0.25) is 5.02 Å². The number of nitrogens with one attached hydrogen (secondary N) is 1. The monoisotopic (exact) mass is 181 g/mol. The summed E-state index contributed by atoms with van der Waals surface area (Å²) in [5.74, 6) is -0.240. The fourth-order valence-corrected chi connectivity index (χ4v) is 1.04. The first kappa shape index (κ1) is 8.81. The molecule has 12 heavy (non-hydrogen) atoms. The molecule has 0 aliphatic heterocycles. The van der Waals surface area contributed by atoms with Gasteiger partial charge in [-0.15, -0.1) is 0 Å². The number of carbonyl (C=O) groups is 1. The molecule has 0 heterocycles. The lowest BCUT2D eigenvalue weighted by Gasteiger charge is -2.00. The molecule has 0 saturated carbocycles. The van der Waals surface area contributed by atoms with Gasteiger partial charge in [0.15, 0.2) is 0 Å². The molecule has 0 fully saturated rings. The van der Waals surface area contributed by atoms with E-state index >= 15 is 0 Å². The van der Waals surface area contributed by atoms with Gasteiger partial charge in [0.2, 0.25) is 0 Å². The Balaban J connectivity index is 2.94. The second-order valence-electron chi connectivity index (χ2n) is 2.16. The van der Waals surface area contributed by atoms with Gasteiger partial charge in [0.25, 0.3) is 5.91 Å². The SMILES string of the molecule is C=CNC(=O)c1ccccc1Cl. The molecule has 0 aliphatic carbocycles. The van der Waals surface area contributed by atoms with Crippen LogP contribution in [0.4, 0.5) is 0 Å². The molecule has 1 N–H and O–H groups in total. The van der Waals surface area contributed by atoms with Crippen molar-refractivity contribution in [3.63, 3.8) is 0 Å². The van der Waals surface area contributed by atoms with Crippen molar-refractivity contribution < 1.29 is 4.79 Å². The first-order chi connectivity index (χ1) is 5.75. The highest BCUT2D eigenvalue weighted by molar-refractivity contribution is 6.33. The number of halogens is 1. The van der Waals surface area contributed by atoms with Gasteiger partial charge in [0.05, 0.1) is 10.6 Å². The summed E-state index contributed by atoms with van der Waals surface area (Å²) in [6.07, 6.45) is 1.33. The molecule has 1 aromatic rings. The zero-order valence-electron chi connectivity index (χ0n) is 6.38. The zero-order chi connectivity index (χ0) is 8.97. The number of amides is 1. The molecule has 0 unspecified atom stereocenters. The van der Waals surface area contributed by atoms with Crippen molar-refractivity contribution in [3.8, 4) is 0 Å². The van der Waals surface area contributed by atoms with Crippen molar-refractivity contribution in [1.29, 1.82) is 0 Å². The molecule has 0 saturated heterocycles. The Morgan fingerprint density at radius 2 is 2.17 bits per heavy atom. The molecule has 1 aromatic carbocycles. The molecule has 3 heteroatoms. The van der Waals surface area contributed by atoms with Crippen molar-refractivity contribution in [2.24, 2.45) is 0 Å². The van der Waals surface area contributed by atoms with Crippen LogP contribution in [0.1, 0.15) is 10.4 Å². The number of benzene rings is 1. The third-order valence-corrected chi connectivity index (χ3v) is 1.68. The third-order valence-electron chi connectivity index (χ3n) is 1.35. The van der Waals surface area contributed by atoms with E-state index in [1.165, 1.54) is 6.20 Å². The second kappa shape index (κ2) is 3.93. The highest BCUT2D eigenvalue weighted by atomic mass is 35.5. The van der Waals surface area contributed by atoms with E-state index in [4.69, 9.17) is 11.6 Å². The van der Waals surface area contributed by atoms with Crippen LogP contribution in [0.5, 0.6) is 0 Å². The smallest absolute Gasteiger partial charge is 0.256 e. The van der Waals surface area contributed by atoms with E-state index in [-0.39, 0.29) is 5.91 Å². The molecule has 1 rings (SSSR count). The molecule has 0 bridgehead atoms. The van der Waals surface area contributed by atoms with Crippen molar-refractivity contribution in [2.75, 3.05) is 0 Å². The van der Waals surface area contributed by atoms with Crippen molar-refractivity contribution in [3.05, 3.63) is 47.6 Å². The number of carbonyl (C=O) groups excluding carboxylic acids is 1. The Bertz CT molecular complexity index is 309.